The van der Waals surface area contributed by atoms with Gasteiger partial charge in [-0.25, -0.2) is 0 Å². The molecule has 6 heteroatoms. The van der Waals surface area contributed by atoms with Crippen molar-refractivity contribution in [3.8, 4) is 0 Å². The average molecular weight is 881 g/mol. The van der Waals surface area contributed by atoms with Gasteiger partial charge in [-0.05, 0) is 103 Å². The molecule has 0 N–H and O–H groups in total. The molecule has 0 rings (SSSR count). The summed E-state index contributed by atoms with van der Waals surface area (Å²) < 4.78 is 16.8. The lowest BCUT2D eigenvalue weighted by molar-refractivity contribution is -0.167. The number of carbonyl (C=O) groups is 3. The van der Waals surface area contributed by atoms with Crippen molar-refractivity contribution in [2.75, 3.05) is 13.2 Å². The highest BCUT2D eigenvalue weighted by Crippen LogP contribution is 2.14. The van der Waals surface area contributed by atoms with Crippen LogP contribution >= 0.6 is 0 Å². The van der Waals surface area contributed by atoms with Crippen molar-refractivity contribution in [1.29, 1.82) is 0 Å². The van der Waals surface area contributed by atoms with E-state index in [1.165, 1.54) is 135 Å². The van der Waals surface area contributed by atoms with Crippen molar-refractivity contribution in [2.45, 2.75) is 271 Å². The highest BCUT2D eigenvalue weighted by molar-refractivity contribution is 5.71. The highest BCUT2D eigenvalue weighted by Gasteiger charge is 2.19. The smallest absolute Gasteiger partial charge is 0.306 e. The molecular weight excluding hydrogens is 781 g/mol. The maximum absolute atomic E-state index is 12.8. The predicted octanol–water partition coefficient (Wildman–Crippen LogP) is 17.6. The molecule has 0 saturated heterocycles. The number of allylic oxidation sites excluding steroid dienone is 10. The van der Waals surface area contributed by atoms with Crippen LogP contribution in [0.1, 0.15) is 265 Å². The van der Waals surface area contributed by atoms with Crippen LogP contribution in [0.25, 0.3) is 0 Å². The molecule has 6 nitrogen and oxygen atoms in total. The Balaban J connectivity index is 4.40. The van der Waals surface area contributed by atoms with Crippen LogP contribution < -0.4 is 0 Å². The van der Waals surface area contributed by atoms with Crippen LogP contribution in [0.2, 0.25) is 0 Å². The molecule has 364 valence electrons. The van der Waals surface area contributed by atoms with Gasteiger partial charge in [0.25, 0.3) is 0 Å². The number of esters is 3. The summed E-state index contributed by atoms with van der Waals surface area (Å²) in [5.41, 5.74) is 0. The number of ether oxygens (including phenoxy) is 3. The molecule has 0 aromatic carbocycles. The summed E-state index contributed by atoms with van der Waals surface area (Å²) in [6.45, 7) is 6.55. The number of carbonyl (C=O) groups excluding carboxylic acids is 3. The molecule has 0 aromatic heterocycles. The largest absolute Gasteiger partial charge is 0.462 e. The first-order valence-electron chi connectivity index (χ1n) is 26.8. The van der Waals surface area contributed by atoms with E-state index < -0.39 is 6.10 Å². The van der Waals surface area contributed by atoms with Crippen molar-refractivity contribution >= 4 is 17.9 Å². The first kappa shape index (κ1) is 60.1. The molecule has 0 aliphatic heterocycles. The molecule has 0 saturated carbocycles. The van der Waals surface area contributed by atoms with Crippen molar-refractivity contribution in [3.63, 3.8) is 0 Å². The summed E-state index contributed by atoms with van der Waals surface area (Å²) in [5.74, 6) is -0.919. The molecule has 0 amide bonds. The normalized spacial score (nSPS) is 12.5. The molecule has 0 spiro atoms. The fraction of sp³-hybridized carbons (Fsp3) is 0.772. The average Bonchev–Trinajstić information content (AvgIpc) is 3.28. The minimum Gasteiger partial charge on any atom is -0.462 e. The fourth-order valence-corrected chi connectivity index (χ4v) is 7.37. The van der Waals surface area contributed by atoms with Crippen LogP contribution in [-0.4, -0.2) is 37.2 Å². The summed E-state index contributed by atoms with van der Waals surface area (Å²) in [5, 5.41) is 0. The fourth-order valence-electron chi connectivity index (χ4n) is 7.37. The standard InChI is InChI=1S/C57H100O6/c1-4-7-10-13-16-19-22-24-26-28-30-32-35-38-41-44-47-50-56(59)62-53-54(52-61-55(58)49-46-43-40-37-34-21-18-15-12-9-6-3)63-57(60)51-48-45-42-39-36-33-31-29-27-25-23-20-17-14-11-8-5-2/h15,17-18,20,24-27,31,33,54H,4-14,16,19,21-23,28-30,32,34-53H2,1-3H3/b18-15-,20-17-,26-24-,27-25-,33-31-/t54-/m0/s1. The van der Waals surface area contributed by atoms with Gasteiger partial charge in [0, 0.05) is 19.3 Å². The molecular formula is C57H100O6. The minimum absolute atomic E-state index is 0.0879. The number of unbranched alkanes of at least 4 members (excludes halogenated alkanes) is 27. The quantitative estimate of drug-likeness (QED) is 0.0262. The highest BCUT2D eigenvalue weighted by atomic mass is 16.6. The maximum atomic E-state index is 12.8. The van der Waals surface area contributed by atoms with Crippen LogP contribution in [0.3, 0.4) is 0 Å². The Labute approximate surface area is 390 Å². The number of rotatable bonds is 48. The van der Waals surface area contributed by atoms with E-state index in [1.807, 2.05) is 0 Å². The van der Waals surface area contributed by atoms with E-state index in [0.29, 0.717) is 19.3 Å². The molecule has 0 unspecified atom stereocenters. The zero-order valence-corrected chi connectivity index (χ0v) is 41.6. The monoisotopic (exact) mass is 881 g/mol. The van der Waals surface area contributed by atoms with Crippen molar-refractivity contribution in [3.05, 3.63) is 60.8 Å². The van der Waals surface area contributed by atoms with Crippen molar-refractivity contribution in [1.82, 2.24) is 0 Å². The van der Waals surface area contributed by atoms with E-state index >= 15 is 0 Å². The van der Waals surface area contributed by atoms with E-state index in [-0.39, 0.29) is 31.1 Å². The second-order valence-electron chi connectivity index (χ2n) is 17.8. The van der Waals surface area contributed by atoms with Gasteiger partial charge in [-0.1, -0.05) is 204 Å². The third-order valence-corrected chi connectivity index (χ3v) is 11.5. The Morgan fingerprint density at radius 3 is 0.984 bits per heavy atom. The third kappa shape index (κ3) is 50.0. The van der Waals surface area contributed by atoms with Gasteiger partial charge in [0.05, 0.1) is 0 Å². The molecule has 1 atom stereocenters. The molecule has 0 bridgehead atoms. The zero-order chi connectivity index (χ0) is 45.8. The lowest BCUT2D eigenvalue weighted by Gasteiger charge is -2.18. The number of hydrogen-bond acceptors (Lipinski definition) is 6. The second-order valence-corrected chi connectivity index (χ2v) is 17.8. The van der Waals surface area contributed by atoms with E-state index in [1.54, 1.807) is 0 Å². The molecule has 0 aliphatic carbocycles. The SMILES string of the molecule is CCCC/C=C\CCCCCCCC(=O)OC[C@@H](COC(=O)CCCCCCCCC/C=C\CCCCCCCC)OC(=O)CCCCCC/C=C\C/C=C\C/C=C\CCCCC. The third-order valence-electron chi connectivity index (χ3n) is 11.5. The Morgan fingerprint density at radius 2 is 0.587 bits per heavy atom. The summed E-state index contributed by atoms with van der Waals surface area (Å²) in [6.07, 6.45) is 63.4. The molecule has 0 heterocycles. The Kier molecular flexibility index (Phi) is 49.4. The van der Waals surface area contributed by atoms with Crippen LogP contribution in [0, 0.1) is 0 Å². The van der Waals surface area contributed by atoms with Crippen LogP contribution in [0.5, 0.6) is 0 Å². The van der Waals surface area contributed by atoms with E-state index in [2.05, 4.69) is 81.5 Å². The summed E-state index contributed by atoms with van der Waals surface area (Å²) in [7, 11) is 0. The summed E-state index contributed by atoms with van der Waals surface area (Å²) >= 11 is 0. The van der Waals surface area contributed by atoms with Crippen LogP contribution in [0.15, 0.2) is 60.8 Å². The summed E-state index contributed by atoms with van der Waals surface area (Å²) in [4.78, 5) is 38.0. The second kappa shape index (κ2) is 51.7. The first-order valence-corrected chi connectivity index (χ1v) is 26.8. The molecule has 0 radical (unpaired) electrons. The lowest BCUT2D eigenvalue weighted by atomic mass is 10.1. The Morgan fingerprint density at radius 1 is 0.317 bits per heavy atom. The first-order chi connectivity index (χ1) is 31.0. The minimum atomic E-state index is -0.790. The van der Waals surface area contributed by atoms with Gasteiger partial charge in [-0.2, -0.15) is 0 Å². The molecule has 0 aromatic rings. The Bertz CT molecular complexity index is 1150. The van der Waals surface area contributed by atoms with Gasteiger partial charge in [0.2, 0.25) is 0 Å². The predicted molar refractivity (Wildman–Crippen MR) is 270 cm³/mol. The van der Waals surface area contributed by atoms with E-state index in [0.717, 1.165) is 89.9 Å². The number of hydrogen-bond donors (Lipinski definition) is 0. The van der Waals surface area contributed by atoms with E-state index in [9.17, 15) is 14.4 Å². The van der Waals surface area contributed by atoms with Crippen molar-refractivity contribution in [2.24, 2.45) is 0 Å². The van der Waals surface area contributed by atoms with Crippen LogP contribution in [0.4, 0.5) is 0 Å². The van der Waals surface area contributed by atoms with Gasteiger partial charge >= 0.3 is 17.9 Å². The van der Waals surface area contributed by atoms with Crippen molar-refractivity contribution < 1.29 is 28.6 Å². The molecule has 63 heavy (non-hydrogen) atoms. The Hall–Kier alpha value is -2.89. The van der Waals surface area contributed by atoms with Gasteiger partial charge in [0.15, 0.2) is 6.10 Å². The molecule has 0 aliphatic rings. The zero-order valence-electron chi connectivity index (χ0n) is 41.6. The van der Waals surface area contributed by atoms with Gasteiger partial charge in [-0.3, -0.25) is 14.4 Å². The lowest BCUT2D eigenvalue weighted by Crippen LogP contribution is -2.30. The van der Waals surface area contributed by atoms with Gasteiger partial charge in [0.1, 0.15) is 13.2 Å². The summed E-state index contributed by atoms with van der Waals surface area (Å²) in [6, 6.07) is 0. The van der Waals surface area contributed by atoms with Gasteiger partial charge < -0.3 is 14.2 Å². The molecule has 0 fully saturated rings. The topological polar surface area (TPSA) is 78.9 Å². The van der Waals surface area contributed by atoms with Gasteiger partial charge in [-0.15, -0.1) is 0 Å². The van der Waals surface area contributed by atoms with Crippen LogP contribution in [-0.2, 0) is 28.6 Å². The van der Waals surface area contributed by atoms with E-state index in [4.69, 9.17) is 14.2 Å². The maximum Gasteiger partial charge on any atom is 0.306 e.